The van der Waals surface area contributed by atoms with Crippen molar-refractivity contribution < 1.29 is 9.53 Å². The van der Waals surface area contributed by atoms with Crippen LogP contribution in [0.2, 0.25) is 5.02 Å². The Labute approximate surface area is 155 Å². The highest BCUT2D eigenvalue weighted by Crippen LogP contribution is 2.24. The molecule has 0 aromatic carbocycles. The van der Waals surface area contributed by atoms with Crippen LogP contribution in [0.25, 0.3) is 11.4 Å². The Balaban J connectivity index is 0.00000225. The zero-order valence-corrected chi connectivity index (χ0v) is 14.9. The minimum absolute atomic E-state index is 0. The maximum Gasteiger partial charge on any atom is 0.324 e. The number of carbonyl (C=O) groups excluding carboxylic acids is 1. The Morgan fingerprint density at radius 2 is 2.12 bits per heavy atom. The van der Waals surface area contributed by atoms with Crippen molar-refractivity contribution in [2.24, 2.45) is 0 Å². The van der Waals surface area contributed by atoms with Gasteiger partial charge in [-0.1, -0.05) is 11.6 Å². The van der Waals surface area contributed by atoms with E-state index in [2.05, 4.69) is 20.3 Å². The van der Waals surface area contributed by atoms with E-state index in [1.165, 1.54) is 7.11 Å². The fourth-order valence-electron chi connectivity index (χ4n) is 2.55. The van der Waals surface area contributed by atoms with Crippen molar-refractivity contribution >= 4 is 35.8 Å². The van der Waals surface area contributed by atoms with E-state index in [0.29, 0.717) is 31.3 Å². The molecule has 25 heavy (non-hydrogen) atoms. The molecule has 0 amide bonds. The molecule has 1 atom stereocenters. The lowest BCUT2D eigenvalue weighted by Gasteiger charge is -2.33. The number of H-pyrrole nitrogens is 1. The normalized spacial score (nSPS) is 16.9. The number of esters is 1. The first-order chi connectivity index (χ1) is 11.6. The molecule has 8 nitrogen and oxygen atoms in total. The molecule has 1 saturated heterocycles. The second kappa shape index (κ2) is 8.28. The third kappa shape index (κ3) is 4.09. The first-order valence-corrected chi connectivity index (χ1v) is 7.74. The molecule has 0 spiro atoms. The van der Waals surface area contributed by atoms with E-state index < -0.39 is 11.6 Å². The number of piperazine rings is 1. The third-order valence-corrected chi connectivity index (χ3v) is 4.10. The monoisotopic (exact) mass is 385 g/mol. The molecule has 2 aromatic rings. The molecule has 3 rings (SSSR count). The summed E-state index contributed by atoms with van der Waals surface area (Å²) in [6.45, 7) is 1.44. The van der Waals surface area contributed by atoms with Crippen molar-refractivity contribution in [3.63, 3.8) is 0 Å². The zero-order valence-electron chi connectivity index (χ0n) is 13.4. The number of rotatable bonds is 3. The number of ether oxygens (including phenoxy) is 1. The van der Waals surface area contributed by atoms with E-state index in [1.54, 1.807) is 29.4 Å². The lowest BCUT2D eigenvalue weighted by Crippen LogP contribution is -2.55. The van der Waals surface area contributed by atoms with Crippen LogP contribution in [0.3, 0.4) is 0 Å². The van der Waals surface area contributed by atoms with Crippen molar-refractivity contribution in [1.29, 1.82) is 0 Å². The summed E-state index contributed by atoms with van der Waals surface area (Å²) in [4.78, 5) is 36.8. The van der Waals surface area contributed by atoms with Gasteiger partial charge in [-0.25, -0.2) is 4.98 Å². The van der Waals surface area contributed by atoms with Gasteiger partial charge < -0.3 is 19.9 Å². The topological polar surface area (TPSA) is 100 Å². The minimum Gasteiger partial charge on any atom is -0.468 e. The lowest BCUT2D eigenvalue weighted by atomic mass is 10.2. The second-order valence-electron chi connectivity index (χ2n) is 5.26. The summed E-state index contributed by atoms with van der Waals surface area (Å²) < 4.78 is 4.76. The molecule has 0 unspecified atom stereocenters. The van der Waals surface area contributed by atoms with Crippen LogP contribution in [0.15, 0.2) is 29.3 Å². The highest BCUT2D eigenvalue weighted by molar-refractivity contribution is 6.32. The number of pyridine rings is 1. The van der Waals surface area contributed by atoms with Gasteiger partial charge in [-0.2, -0.15) is 0 Å². The van der Waals surface area contributed by atoms with E-state index in [1.807, 2.05) is 0 Å². The van der Waals surface area contributed by atoms with Crippen molar-refractivity contribution in [3.05, 3.63) is 39.9 Å². The Morgan fingerprint density at radius 3 is 2.80 bits per heavy atom. The molecular weight excluding hydrogens is 369 g/mol. The molecule has 0 aliphatic carbocycles. The summed E-state index contributed by atoms with van der Waals surface area (Å²) in [5.41, 5.74) is 0.293. The van der Waals surface area contributed by atoms with E-state index in [0.717, 1.165) is 5.56 Å². The molecule has 10 heteroatoms. The average molecular weight is 386 g/mol. The summed E-state index contributed by atoms with van der Waals surface area (Å²) in [6.07, 6.45) is 3.23. The van der Waals surface area contributed by atoms with E-state index >= 15 is 0 Å². The number of hydrogen-bond donors (Lipinski definition) is 2. The van der Waals surface area contributed by atoms with Crippen molar-refractivity contribution in [2.45, 2.75) is 6.04 Å². The van der Waals surface area contributed by atoms with Crippen molar-refractivity contribution in [2.75, 3.05) is 31.6 Å². The van der Waals surface area contributed by atoms with Gasteiger partial charge in [0.25, 0.3) is 5.56 Å². The standard InChI is InChI=1S/C15H16ClN5O3.ClH/c1-24-15(23)10-8-21(7-6-18-10)13-11(16)14(22)20-12(19-13)9-2-4-17-5-3-9;/h2-5,10,18H,6-8H2,1H3,(H,19,20,22);1H/t10-;/m0./s1. The highest BCUT2D eigenvalue weighted by atomic mass is 35.5. The number of methoxy groups -OCH3 is 1. The molecule has 2 aromatic heterocycles. The SMILES string of the molecule is COC(=O)[C@@H]1CN(c2nc(-c3ccncc3)[nH]c(=O)c2Cl)CCN1.Cl. The molecule has 0 bridgehead atoms. The summed E-state index contributed by atoms with van der Waals surface area (Å²) >= 11 is 6.15. The van der Waals surface area contributed by atoms with Gasteiger partial charge in [0.2, 0.25) is 0 Å². The molecule has 0 saturated carbocycles. The van der Waals surface area contributed by atoms with Gasteiger partial charge in [-0.05, 0) is 12.1 Å². The number of aromatic amines is 1. The zero-order chi connectivity index (χ0) is 17.1. The Bertz CT molecular complexity index is 799. The first kappa shape index (κ1) is 19.2. The fourth-order valence-corrected chi connectivity index (χ4v) is 2.75. The first-order valence-electron chi connectivity index (χ1n) is 7.36. The number of carbonyl (C=O) groups is 1. The maximum absolute atomic E-state index is 12.2. The summed E-state index contributed by atoms with van der Waals surface area (Å²) in [6, 6.07) is 2.99. The van der Waals surface area contributed by atoms with Crippen LogP contribution in [-0.2, 0) is 9.53 Å². The summed E-state index contributed by atoms with van der Waals surface area (Å²) in [5.74, 6) is 0.382. The minimum atomic E-state index is -0.495. The Kier molecular flexibility index (Phi) is 6.35. The van der Waals surface area contributed by atoms with Crippen LogP contribution in [0, 0.1) is 0 Å². The largest absolute Gasteiger partial charge is 0.468 e. The molecule has 0 radical (unpaired) electrons. The Morgan fingerprint density at radius 1 is 1.40 bits per heavy atom. The number of hydrogen-bond acceptors (Lipinski definition) is 7. The fraction of sp³-hybridized carbons (Fsp3) is 0.333. The number of nitrogens with zero attached hydrogens (tertiary/aromatic N) is 3. The van der Waals surface area contributed by atoms with Gasteiger partial charge >= 0.3 is 5.97 Å². The highest BCUT2D eigenvalue weighted by Gasteiger charge is 2.28. The number of nitrogens with one attached hydrogen (secondary N) is 2. The van der Waals surface area contributed by atoms with E-state index in [9.17, 15) is 9.59 Å². The summed E-state index contributed by atoms with van der Waals surface area (Å²) in [7, 11) is 1.34. The van der Waals surface area contributed by atoms with E-state index in [-0.39, 0.29) is 23.4 Å². The van der Waals surface area contributed by atoms with Crippen LogP contribution in [0.5, 0.6) is 0 Å². The van der Waals surface area contributed by atoms with Gasteiger partial charge in [0.1, 0.15) is 16.9 Å². The predicted molar refractivity (Wildman–Crippen MR) is 96.4 cm³/mol. The molecule has 134 valence electrons. The molecule has 1 fully saturated rings. The molecule has 3 heterocycles. The van der Waals surface area contributed by atoms with Crippen LogP contribution >= 0.6 is 24.0 Å². The predicted octanol–water partition coefficient (Wildman–Crippen LogP) is 0.858. The van der Waals surface area contributed by atoms with Gasteiger partial charge in [-0.15, -0.1) is 12.4 Å². The van der Waals surface area contributed by atoms with Crippen LogP contribution < -0.4 is 15.8 Å². The molecule has 2 N–H and O–H groups in total. The smallest absolute Gasteiger partial charge is 0.324 e. The average Bonchev–Trinajstić information content (AvgIpc) is 2.64. The molecular formula is C15H17Cl2N5O3. The van der Waals surface area contributed by atoms with Gasteiger partial charge in [0.05, 0.1) is 7.11 Å². The number of aromatic nitrogens is 3. The quantitative estimate of drug-likeness (QED) is 0.755. The third-order valence-electron chi connectivity index (χ3n) is 3.76. The summed E-state index contributed by atoms with van der Waals surface area (Å²) in [5, 5.41) is 3.07. The Hall–Kier alpha value is -2.16. The molecule has 1 aliphatic rings. The van der Waals surface area contributed by atoms with Crippen LogP contribution in [-0.4, -0.2) is 53.7 Å². The van der Waals surface area contributed by atoms with Crippen LogP contribution in [0.1, 0.15) is 0 Å². The van der Waals surface area contributed by atoms with Gasteiger partial charge in [-0.3, -0.25) is 14.6 Å². The second-order valence-corrected chi connectivity index (χ2v) is 5.64. The number of anilines is 1. The molecule has 1 aliphatic heterocycles. The lowest BCUT2D eigenvalue weighted by molar-refractivity contribution is -0.143. The number of halogens is 2. The van der Waals surface area contributed by atoms with Crippen LogP contribution in [0.4, 0.5) is 5.82 Å². The van der Waals surface area contributed by atoms with E-state index in [4.69, 9.17) is 16.3 Å². The van der Waals surface area contributed by atoms with Crippen molar-refractivity contribution in [3.8, 4) is 11.4 Å². The van der Waals surface area contributed by atoms with Crippen molar-refractivity contribution in [1.82, 2.24) is 20.3 Å². The van der Waals surface area contributed by atoms with Gasteiger partial charge in [0, 0.05) is 37.6 Å². The van der Waals surface area contributed by atoms with Gasteiger partial charge in [0.15, 0.2) is 5.82 Å². The maximum atomic E-state index is 12.2.